The number of aromatic nitrogens is 1. The summed E-state index contributed by atoms with van der Waals surface area (Å²) in [4.78, 5) is 18.9. The number of ether oxygens (including phenoxy) is 1. The molecule has 25 heavy (non-hydrogen) atoms. The fraction of sp³-hybridized carbons (Fsp3) is 0.700. The molecule has 0 aromatic carbocycles. The number of anilines is 1. The molecule has 0 unspecified atom stereocenters. The van der Waals surface area contributed by atoms with Crippen LogP contribution in [-0.4, -0.2) is 28.1 Å². The van der Waals surface area contributed by atoms with Crippen LogP contribution in [0, 0.1) is 0 Å². The molecule has 1 aliphatic carbocycles. The van der Waals surface area contributed by atoms with Crippen LogP contribution >= 0.6 is 0 Å². The van der Waals surface area contributed by atoms with E-state index in [4.69, 9.17) is 10.5 Å². The first-order valence-electron chi connectivity index (χ1n) is 9.60. The van der Waals surface area contributed by atoms with Gasteiger partial charge in [0.2, 0.25) is 0 Å². The summed E-state index contributed by atoms with van der Waals surface area (Å²) in [6.07, 6.45) is 9.96. The van der Waals surface area contributed by atoms with Crippen LogP contribution in [0.25, 0.3) is 0 Å². The highest BCUT2D eigenvalue weighted by molar-refractivity contribution is 5.69. The average Bonchev–Trinajstić information content (AvgIpc) is 3.03. The zero-order valence-electron chi connectivity index (χ0n) is 15.8. The third-order valence-electron chi connectivity index (χ3n) is 5.27. The molecule has 1 aliphatic heterocycles. The smallest absolute Gasteiger partial charge is 0.410 e. The first-order valence-corrected chi connectivity index (χ1v) is 9.60. The number of pyridine rings is 1. The first kappa shape index (κ1) is 18.0. The highest BCUT2D eigenvalue weighted by Gasteiger charge is 2.35. The van der Waals surface area contributed by atoms with Gasteiger partial charge in [-0.3, -0.25) is 0 Å². The van der Waals surface area contributed by atoms with Crippen LogP contribution in [0.5, 0.6) is 0 Å². The Labute approximate surface area is 150 Å². The molecular formula is C20H31N3O2. The molecule has 1 aromatic heterocycles. The third-order valence-corrected chi connectivity index (χ3v) is 5.27. The Kier molecular flexibility index (Phi) is 5.21. The number of nitrogens with two attached hydrogens (primary N) is 1. The Bertz CT molecular complexity index is 618. The second kappa shape index (κ2) is 7.22. The monoisotopic (exact) mass is 345 g/mol. The molecule has 1 aromatic rings. The second-order valence-electron chi connectivity index (χ2n) is 8.40. The number of likely N-dealkylation sites (tertiary alicyclic amines) is 1. The molecule has 1 atom stereocenters. The van der Waals surface area contributed by atoms with Crippen molar-refractivity contribution in [3.05, 3.63) is 23.4 Å². The van der Waals surface area contributed by atoms with Gasteiger partial charge < -0.3 is 15.4 Å². The standard InChI is InChI=1S/C20H31N3O2/c1-20(2,3)25-19(24)23-11-7-10-17(23)15-12-18(21)22-13-16(15)14-8-5-4-6-9-14/h12-14,17H,4-11H2,1-3H3,(H2,21,22)/t17-/m0/s1. The van der Waals surface area contributed by atoms with Crippen LogP contribution in [0.15, 0.2) is 12.3 Å². The summed E-state index contributed by atoms with van der Waals surface area (Å²) in [6, 6.07) is 2.04. The average molecular weight is 345 g/mol. The molecule has 5 nitrogen and oxygen atoms in total. The van der Waals surface area contributed by atoms with Crippen molar-refractivity contribution >= 4 is 11.9 Å². The minimum Gasteiger partial charge on any atom is -0.444 e. The van der Waals surface area contributed by atoms with Gasteiger partial charge in [-0.15, -0.1) is 0 Å². The van der Waals surface area contributed by atoms with Crippen molar-refractivity contribution in [1.29, 1.82) is 0 Å². The second-order valence-corrected chi connectivity index (χ2v) is 8.40. The van der Waals surface area contributed by atoms with Gasteiger partial charge >= 0.3 is 6.09 Å². The van der Waals surface area contributed by atoms with Gasteiger partial charge in [0, 0.05) is 12.7 Å². The molecule has 1 saturated carbocycles. The first-order chi connectivity index (χ1) is 11.8. The molecule has 1 amide bonds. The van der Waals surface area contributed by atoms with E-state index >= 15 is 0 Å². The number of hydrogen-bond donors (Lipinski definition) is 1. The quantitative estimate of drug-likeness (QED) is 0.837. The van der Waals surface area contributed by atoms with Gasteiger partial charge in [-0.25, -0.2) is 9.78 Å². The molecule has 2 heterocycles. The fourth-order valence-electron chi connectivity index (χ4n) is 4.17. The van der Waals surface area contributed by atoms with E-state index in [9.17, 15) is 4.79 Å². The number of rotatable bonds is 2. The van der Waals surface area contributed by atoms with Gasteiger partial charge in [-0.05, 0) is 69.6 Å². The van der Waals surface area contributed by atoms with Gasteiger partial charge in [-0.2, -0.15) is 0 Å². The Morgan fingerprint density at radius 3 is 2.56 bits per heavy atom. The van der Waals surface area contributed by atoms with Crippen molar-refractivity contribution in [2.24, 2.45) is 0 Å². The summed E-state index contributed by atoms with van der Waals surface area (Å²) in [7, 11) is 0. The summed E-state index contributed by atoms with van der Waals surface area (Å²) in [6.45, 7) is 6.47. The maximum absolute atomic E-state index is 12.7. The van der Waals surface area contributed by atoms with Crippen molar-refractivity contribution in [3.63, 3.8) is 0 Å². The van der Waals surface area contributed by atoms with E-state index in [0.29, 0.717) is 11.7 Å². The summed E-state index contributed by atoms with van der Waals surface area (Å²) in [5.41, 5.74) is 7.99. The van der Waals surface area contributed by atoms with Crippen LogP contribution in [0.2, 0.25) is 0 Å². The zero-order valence-corrected chi connectivity index (χ0v) is 15.8. The molecule has 2 aliphatic rings. The van der Waals surface area contributed by atoms with E-state index in [1.165, 1.54) is 43.2 Å². The molecule has 2 N–H and O–H groups in total. The van der Waals surface area contributed by atoms with Crippen LogP contribution in [0.1, 0.15) is 88.8 Å². The third kappa shape index (κ3) is 4.25. The number of hydrogen-bond acceptors (Lipinski definition) is 4. The number of nitrogens with zero attached hydrogens (tertiary/aromatic N) is 2. The highest BCUT2D eigenvalue weighted by Crippen LogP contribution is 2.41. The lowest BCUT2D eigenvalue weighted by Gasteiger charge is -2.32. The van der Waals surface area contributed by atoms with Gasteiger partial charge in [0.05, 0.1) is 6.04 Å². The normalized spacial score (nSPS) is 22.2. The number of carbonyl (C=O) groups excluding carboxylic acids is 1. The molecule has 138 valence electrons. The molecule has 0 bridgehead atoms. The molecule has 5 heteroatoms. The Morgan fingerprint density at radius 1 is 1.16 bits per heavy atom. The SMILES string of the molecule is CC(C)(C)OC(=O)N1CCC[C@H]1c1cc(N)ncc1C1CCCCC1. The number of carbonyl (C=O) groups is 1. The Morgan fingerprint density at radius 2 is 1.88 bits per heavy atom. The predicted octanol–water partition coefficient (Wildman–Crippen LogP) is 4.78. The minimum absolute atomic E-state index is 0.0528. The molecule has 2 fully saturated rings. The number of nitrogen functional groups attached to an aromatic ring is 1. The van der Waals surface area contributed by atoms with Crippen molar-refractivity contribution < 1.29 is 9.53 Å². The lowest BCUT2D eigenvalue weighted by molar-refractivity contribution is 0.0223. The van der Waals surface area contributed by atoms with Crippen molar-refractivity contribution in [3.8, 4) is 0 Å². The lowest BCUT2D eigenvalue weighted by Crippen LogP contribution is -2.36. The Balaban J connectivity index is 1.88. The van der Waals surface area contributed by atoms with E-state index in [1.54, 1.807) is 0 Å². The van der Waals surface area contributed by atoms with Crippen molar-refractivity contribution in [2.75, 3.05) is 12.3 Å². The van der Waals surface area contributed by atoms with E-state index in [2.05, 4.69) is 4.98 Å². The van der Waals surface area contributed by atoms with Crippen molar-refractivity contribution in [1.82, 2.24) is 9.88 Å². The van der Waals surface area contributed by atoms with Crippen LogP contribution in [0.4, 0.5) is 10.6 Å². The van der Waals surface area contributed by atoms with Gasteiger partial charge in [0.1, 0.15) is 11.4 Å². The van der Waals surface area contributed by atoms with Gasteiger partial charge in [0.15, 0.2) is 0 Å². The molecule has 0 radical (unpaired) electrons. The maximum atomic E-state index is 12.7. The van der Waals surface area contributed by atoms with Crippen molar-refractivity contribution in [2.45, 2.75) is 83.3 Å². The van der Waals surface area contributed by atoms with E-state index < -0.39 is 5.60 Å². The predicted molar refractivity (Wildman–Crippen MR) is 99.4 cm³/mol. The van der Waals surface area contributed by atoms with Gasteiger partial charge in [-0.1, -0.05) is 19.3 Å². The van der Waals surface area contributed by atoms with E-state index in [1.807, 2.05) is 37.9 Å². The Hall–Kier alpha value is -1.78. The largest absolute Gasteiger partial charge is 0.444 e. The highest BCUT2D eigenvalue weighted by atomic mass is 16.6. The topological polar surface area (TPSA) is 68.5 Å². The molecule has 3 rings (SSSR count). The maximum Gasteiger partial charge on any atom is 0.410 e. The summed E-state index contributed by atoms with van der Waals surface area (Å²) in [5, 5.41) is 0. The molecular weight excluding hydrogens is 314 g/mol. The molecule has 1 saturated heterocycles. The molecule has 0 spiro atoms. The minimum atomic E-state index is -0.478. The van der Waals surface area contributed by atoms with Crippen LogP contribution in [-0.2, 0) is 4.74 Å². The zero-order chi connectivity index (χ0) is 18.0. The summed E-state index contributed by atoms with van der Waals surface area (Å²) < 4.78 is 5.63. The summed E-state index contributed by atoms with van der Waals surface area (Å²) >= 11 is 0. The lowest BCUT2D eigenvalue weighted by atomic mass is 9.81. The van der Waals surface area contributed by atoms with E-state index in [-0.39, 0.29) is 12.1 Å². The van der Waals surface area contributed by atoms with Gasteiger partial charge in [0.25, 0.3) is 0 Å². The van der Waals surface area contributed by atoms with Crippen LogP contribution in [0.3, 0.4) is 0 Å². The summed E-state index contributed by atoms with van der Waals surface area (Å²) in [5.74, 6) is 1.07. The van der Waals surface area contributed by atoms with Crippen LogP contribution < -0.4 is 5.73 Å². The van der Waals surface area contributed by atoms with E-state index in [0.717, 1.165) is 19.4 Å². The number of amides is 1. The fourth-order valence-corrected chi connectivity index (χ4v) is 4.17.